The van der Waals surface area contributed by atoms with Crippen LogP contribution >= 0.6 is 0 Å². The monoisotopic (exact) mass is 393 g/mol. The van der Waals surface area contributed by atoms with Gasteiger partial charge in [0.15, 0.2) is 0 Å². The van der Waals surface area contributed by atoms with Crippen LogP contribution in [0.3, 0.4) is 0 Å². The number of para-hydroxylation sites is 1. The van der Waals surface area contributed by atoms with Crippen LogP contribution in [0.25, 0.3) is 11.0 Å². The Balaban J connectivity index is 1.74. The van der Waals surface area contributed by atoms with Gasteiger partial charge in [-0.3, -0.25) is 4.79 Å². The van der Waals surface area contributed by atoms with Crippen LogP contribution in [0, 0.1) is 19.8 Å². The third kappa shape index (κ3) is 3.87. The van der Waals surface area contributed by atoms with Gasteiger partial charge in [-0.05, 0) is 50.5 Å². The number of quaternary nitrogens is 1. The van der Waals surface area contributed by atoms with E-state index >= 15 is 0 Å². The molecule has 3 aromatic rings. The van der Waals surface area contributed by atoms with Crippen molar-refractivity contribution in [3.63, 3.8) is 0 Å². The van der Waals surface area contributed by atoms with E-state index in [1.54, 1.807) is 12.1 Å². The Morgan fingerprint density at radius 3 is 2.79 bits per heavy atom. The predicted octanol–water partition coefficient (Wildman–Crippen LogP) is 3.82. The van der Waals surface area contributed by atoms with E-state index in [2.05, 4.69) is 12.2 Å². The molecule has 0 aliphatic carbocycles. The molecule has 0 spiro atoms. The van der Waals surface area contributed by atoms with Gasteiger partial charge in [0.05, 0.1) is 24.2 Å². The number of hydrogen-bond donors (Lipinski definition) is 3. The van der Waals surface area contributed by atoms with Crippen molar-refractivity contribution in [1.29, 1.82) is 0 Å². The van der Waals surface area contributed by atoms with Crippen molar-refractivity contribution in [3.8, 4) is 5.75 Å². The van der Waals surface area contributed by atoms with E-state index in [1.807, 2.05) is 38.1 Å². The molecule has 1 aliphatic heterocycles. The van der Waals surface area contributed by atoms with Crippen LogP contribution in [-0.4, -0.2) is 24.1 Å². The Bertz CT molecular complexity index is 1050. The molecule has 5 heteroatoms. The van der Waals surface area contributed by atoms with Gasteiger partial charge in [-0.1, -0.05) is 25.1 Å². The zero-order valence-corrected chi connectivity index (χ0v) is 17.3. The van der Waals surface area contributed by atoms with Gasteiger partial charge in [-0.25, -0.2) is 0 Å². The number of likely N-dealkylation sites (tertiary alicyclic amines) is 1. The number of carbonyl (C=O) groups is 1. The van der Waals surface area contributed by atoms with Crippen LogP contribution in [0.2, 0.25) is 0 Å². The molecule has 1 aliphatic rings. The van der Waals surface area contributed by atoms with Crippen LogP contribution in [-0.2, 0) is 6.54 Å². The summed E-state index contributed by atoms with van der Waals surface area (Å²) in [5.74, 6) is 1.27. The molecule has 2 aromatic carbocycles. The van der Waals surface area contributed by atoms with Crippen LogP contribution in [0.1, 0.15) is 47.0 Å². The Kier molecular flexibility index (Phi) is 5.33. The molecular formula is C24H29N2O3+. The highest BCUT2D eigenvalue weighted by Gasteiger charge is 2.27. The van der Waals surface area contributed by atoms with Gasteiger partial charge in [0.1, 0.15) is 23.6 Å². The highest BCUT2D eigenvalue weighted by atomic mass is 16.3. The molecule has 1 saturated heterocycles. The number of carbonyl (C=O) groups excluding carboxylic acids is 1. The van der Waals surface area contributed by atoms with Crippen LogP contribution < -0.4 is 10.2 Å². The van der Waals surface area contributed by atoms with Gasteiger partial charge in [-0.2, -0.15) is 0 Å². The maximum absolute atomic E-state index is 13.2. The van der Waals surface area contributed by atoms with Crippen molar-refractivity contribution >= 4 is 22.6 Å². The number of fused-ring (bicyclic) bond motifs is 1. The van der Waals surface area contributed by atoms with E-state index < -0.39 is 0 Å². The smallest absolute Gasteiger partial charge is 0.259 e. The lowest BCUT2D eigenvalue weighted by molar-refractivity contribution is -0.922. The molecule has 1 unspecified atom stereocenters. The van der Waals surface area contributed by atoms with E-state index in [9.17, 15) is 9.90 Å². The second-order valence-corrected chi connectivity index (χ2v) is 8.37. The standard InChI is InChI=1S/C24H28N2O3/c1-15-7-6-12-26(13-15)14-18-20(27)10-11-21-23(18)22(17(3)29-21)24(28)25-19-9-5-4-8-16(19)2/h4-5,8-11,15,27H,6-7,12-14H2,1-3H3,(H,25,28)/p+1/t15-/m1/s1. The van der Waals surface area contributed by atoms with Gasteiger partial charge in [-0.15, -0.1) is 0 Å². The number of piperidine rings is 1. The summed E-state index contributed by atoms with van der Waals surface area (Å²) in [5.41, 5.74) is 3.75. The molecule has 4 rings (SSSR count). The third-order valence-electron chi connectivity index (χ3n) is 6.03. The van der Waals surface area contributed by atoms with E-state index in [4.69, 9.17) is 4.42 Å². The van der Waals surface area contributed by atoms with E-state index in [1.165, 1.54) is 17.7 Å². The number of rotatable bonds is 4. The summed E-state index contributed by atoms with van der Waals surface area (Å²) in [7, 11) is 0. The first-order valence-electron chi connectivity index (χ1n) is 10.4. The van der Waals surface area contributed by atoms with Gasteiger partial charge in [0.25, 0.3) is 5.91 Å². The van der Waals surface area contributed by atoms with Crippen molar-refractivity contribution < 1.29 is 19.2 Å². The van der Waals surface area contributed by atoms with E-state index in [0.717, 1.165) is 35.3 Å². The molecule has 2 heterocycles. The zero-order chi connectivity index (χ0) is 20.5. The number of benzene rings is 2. The highest BCUT2D eigenvalue weighted by molar-refractivity contribution is 6.14. The van der Waals surface area contributed by atoms with E-state index in [-0.39, 0.29) is 11.7 Å². The number of amides is 1. The largest absolute Gasteiger partial charge is 0.507 e. The molecule has 29 heavy (non-hydrogen) atoms. The Morgan fingerprint density at radius 1 is 1.24 bits per heavy atom. The highest BCUT2D eigenvalue weighted by Crippen LogP contribution is 2.34. The molecule has 2 atom stereocenters. The maximum atomic E-state index is 13.2. The summed E-state index contributed by atoms with van der Waals surface area (Å²) in [6.45, 7) is 8.91. The van der Waals surface area contributed by atoms with E-state index in [0.29, 0.717) is 29.4 Å². The normalized spacial score (nSPS) is 19.4. The van der Waals surface area contributed by atoms with Gasteiger partial charge in [0, 0.05) is 17.0 Å². The lowest BCUT2D eigenvalue weighted by atomic mass is 9.98. The molecule has 1 fully saturated rings. The molecule has 152 valence electrons. The number of hydrogen-bond acceptors (Lipinski definition) is 3. The molecule has 0 bridgehead atoms. The fraction of sp³-hybridized carbons (Fsp3) is 0.375. The number of phenolic OH excluding ortho intramolecular Hbond substituents is 1. The predicted molar refractivity (Wildman–Crippen MR) is 115 cm³/mol. The first-order chi connectivity index (χ1) is 13.9. The summed E-state index contributed by atoms with van der Waals surface area (Å²) < 4.78 is 5.91. The Hall–Kier alpha value is -2.79. The zero-order valence-electron chi connectivity index (χ0n) is 17.3. The minimum atomic E-state index is -0.204. The summed E-state index contributed by atoms with van der Waals surface area (Å²) in [4.78, 5) is 14.7. The second-order valence-electron chi connectivity index (χ2n) is 8.37. The van der Waals surface area contributed by atoms with Crippen LogP contribution in [0.4, 0.5) is 5.69 Å². The summed E-state index contributed by atoms with van der Waals surface area (Å²) >= 11 is 0. The summed E-state index contributed by atoms with van der Waals surface area (Å²) in [6, 6.07) is 11.1. The van der Waals surface area contributed by atoms with Gasteiger partial charge in [0.2, 0.25) is 0 Å². The number of aryl methyl sites for hydroxylation is 2. The third-order valence-corrected chi connectivity index (χ3v) is 6.03. The SMILES string of the molecule is Cc1ccccc1NC(=O)c1c(C)oc2ccc(O)c(C[NH+]3CCC[C@@H](C)C3)c12. The Labute approximate surface area is 171 Å². The van der Waals surface area contributed by atoms with Crippen LogP contribution in [0.5, 0.6) is 5.75 Å². The molecule has 1 amide bonds. The lowest BCUT2D eigenvalue weighted by Crippen LogP contribution is -3.12. The lowest BCUT2D eigenvalue weighted by Gasteiger charge is -2.28. The Morgan fingerprint density at radius 2 is 2.03 bits per heavy atom. The van der Waals surface area contributed by atoms with Crippen molar-refractivity contribution in [2.75, 3.05) is 18.4 Å². The molecule has 1 aromatic heterocycles. The molecule has 3 N–H and O–H groups in total. The summed E-state index contributed by atoms with van der Waals surface area (Å²) in [5, 5.41) is 14.4. The van der Waals surface area contributed by atoms with Crippen molar-refractivity contribution in [1.82, 2.24) is 0 Å². The number of anilines is 1. The number of phenols is 1. The fourth-order valence-electron chi connectivity index (χ4n) is 4.52. The molecule has 5 nitrogen and oxygen atoms in total. The first-order valence-corrected chi connectivity index (χ1v) is 10.4. The van der Waals surface area contributed by atoms with Crippen molar-refractivity contribution in [2.24, 2.45) is 5.92 Å². The topological polar surface area (TPSA) is 66.9 Å². The average molecular weight is 394 g/mol. The van der Waals surface area contributed by atoms with Gasteiger partial charge >= 0.3 is 0 Å². The molecule has 0 radical (unpaired) electrons. The first kappa shape index (κ1) is 19.5. The minimum Gasteiger partial charge on any atom is -0.507 e. The summed E-state index contributed by atoms with van der Waals surface area (Å²) in [6.07, 6.45) is 2.45. The minimum absolute atomic E-state index is 0.204. The molecule has 0 saturated carbocycles. The van der Waals surface area contributed by atoms with Crippen molar-refractivity contribution in [3.05, 3.63) is 58.8 Å². The quantitative estimate of drug-likeness (QED) is 0.631. The average Bonchev–Trinajstić information content (AvgIpc) is 3.02. The number of aromatic hydroxyl groups is 1. The fourth-order valence-corrected chi connectivity index (χ4v) is 4.52. The second kappa shape index (κ2) is 7.91. The van der Waals surface area contributed by atoms with Crippen LogP contribution in [0.15, 0.2) is 40.8 Å². The number of nitrogens with one attached hydrogen (secondary N) is 2. The number of furan rings is 1. The maximum Gasteiger partial charge on any atom is 0.259 e. The molecular weight excluding hydrogens is 364 g/mol. The van der Waals surface area contributed by atoms with Crippen molar-refractivity contribution in [2.45, 2.75) is 40.2 Å². The van der Waals surface area contributed by atoms with Gasteiger partial charge < -0.3 is 19.7 Å².